The number of sulfonamides is 1. The predicted octanol–water partition coefficient (Wildman–Crippen LogP) is 1.10. The molecule has 0 unspecified atom stereocenters. The van der Waals surface area contributed by atoms with Crippen molar-refractivity contribution >= 4 is 16.0 Å². The van der Waals surface area contributed by atoms with E-state index >= 15 is 0 Å². The molecule has 0 saturated carbocycles. The highest BCUT2D eigenvalue weighted by Crippen LogP contribution is 2.10. The second-order valence-corrected chi connectivity index (χ2v) is 6.18. The van der Waals surface area contributed by atoms with Gasteiger partial charge in [-0.1, -0.05) is 6.92 Å². The van der Waals surface area contributed by atoms with E-state index in [4.69, 9.17) is 5.11 Å². The molecule has 0 spiro atoms. The summed E-state index contributed by atoms with van der Waals surface area (Å²) in [7, 11) is -3.42. The molecule has 6 nitrogen and oxygen atoms in total. The minimum absolute atomic E-state index is 0.129. The van der Waals surface area contributed by atoms with E-state index in [0.29, 0.717) is 6.54 Å². The van der Waals surface area contributed by atoms with E-state index in [1.807, 2.05) is 0 Å². The van der Waals surface area contributed by atoms with Gasteiger partial charge < -0.3 is 5.11 Å². The van der Waals surface area contributed by atoms with Crippen LogP contribution in [-0.2, 0) is 21.4 Å². The standard InChI is InChI=1S/C12H18N2O4S/c1-2-14(10-11-5-7-13-8-6-11)19(17,18)9-3-4-12(15)16/h5-8H,2-4,9-10H2,1H3,(H,15,16). The van der Waals surface area contributed by atoms with Crippen LogP contribution in [0.3, 0.4) is 0 Å². The highest BCUT2D eigenvalue weighted by atomic mass is 32.2. The van der Waals surface area contributed by atoms with Gasteiger partial charge in [-0.15, -0.1) is 0 Å². The van der Waals surface area contributed by atoms with E-state index in [9.17, 15) is 13.2 Å². The van der Waals surface area contributed by atoms with E-state index in [2.05, 4.69) is 4.98 Å². The molecular weight excluding hydrogens is 268 g/mol. The Labute approximate surface area is 113 Å². The lowest BCUT2D eigenvalue weighted by Crippen LogP contribution is -2.32. The van der Waals surface area contributed by atoms with Gasteiger partial charge in [-0.25, -0.2) is 8.42 Å². The fraction of sp³-hybridized carbons (Fsp3) is 0.500. The average Bonchev–Trinajstić information content (AvgIpc) is 2.36. The monoisotopic (exact) mass is 286 g/mol. The molecule has 106 valence electrons. The summed E-state index contributed by atoms with van der Waals surface area (Å²) < 4.78 is 25.5. The Morgan fingerprint density at radius 1 is 1.37 bits per heavy atom. The fourth-order valence-corrected chi connectivity index (χ4v) is 3.14. The lowest BCUT2D eigenvalue weighted by Gasteiger charge is -2.20. The number of pyridine rings is 1. The first kappa shape index (κ1) is 15.6. The molecular formula is C12H18N2O4S. The van der Waals surface area contributed by atoms with Crippen molar-refractivity contribution < 1.29 is 18.3 Å². The summed E-state index contributed by atoms with van der Waals surface area (Å²) >= 11 is 0. The normalized spacial score (nSPS) is 11.7. The van der Waals surface area contributed by atoms with Crippen molar-refractivity contribution in [2.45, 2.75) is 26.3 Å². The molecule has 1 rings (SSSR count). The molecule has 7 heteroatoms. The number of aliphatic carboxylic acids is 1. The number of hydrogen-bond acceptors (Lipinski definition) is 4. The summed E-state index contributed by atoms with van der Waals surface area (Å²) in [6.07, 6.45) is 3.22. The summed E-state index contributed by atoms with van der Waals surface area (Å²) in [5, 5.41) is 8.53. The number of hydrogen-bond donors (Lipinski definition) is 1. The lowest BCUT2D eigenvalue weighted by atomic mass is 10.3. The van der Waals surface area contributed by atoms with Gasteiger partial charge in [0.1, 0.15) is 0 Å². The number of carboxylic acid groups (broad SMARTS) is 1. The third-order valence-electron chi connectivity index (χ3n) is 2.65. The van der Waals surface area contributed by atoms with Gasteiger partial charge in [0, 0.05) is 31.9 Å². The Morgan fingerprint density at radius 3 is 2.53 bits per heavy atom. The summed E-state index contributed by atoms with van der Waals surface area (Å²) in [5.74, 6) is -1.12. The molecule has 0 fully saturated rings. The zero-order valence-corrected chi connectivity index (χ0v) is 11.6. The summed E-state index contributed by atoms with van der Waals surface area (Å²) in [6, 6.07) is 3.52. The summed E-state index contributed by atoms with van der Waals surface area (Å²) in [6.45, 7) is 2.40. The Balaban J connectivity index is 2.65. The van der Waals surface area contributed by atoms with Gasteiger partial charge in [0.15, 0.2) is 0 Å². The Bertz CT molecular complexity index is 502. The molecule has 0 aromatic carbocycles. The van der Waals surface area contributed by atoms with Gasteiger partial charge in [0.05, 0.1) is 5.75 Å². The molecule has 0 aliphatic carbocycles. The van der Waals surface area contributed by atoms with Crippen molar-refractivity contribution in [3.8, 4) is 0 Å². The third kappa shape index (κ3) is 5.35. The van der Waals surface area contributed by atoms with E-state index in [-0.39, 0.29) is 25.1 Å². The number of carbonyl (C=O) groups is 1. The lowest BCUT2D eigenvalue weighted by molar-refractivity contribution is -0.137. The number of carboxylic acids is 1. The van der Waals surface area contributed by atoms with Gasteiger partial charge in [0.25, 0.3) is 0 Å². The maximum absolute atomic E-state index is 12.1. The molecule has 0 aliphatic heterocycles. The molecule has 0 aliphatic rings. The van der Waals surface area contributed by atoms with Crippen LogP contribution in [-0.4, -0.2) is 41.1 Å². The average molecular weight is 286 g/mol. The van der Waals surface area contributed by atoms with E-state index in [0.717, 1.165) is 5.56 Å². The Hall–Kier alpha value is -1.47. The zero-order valence-electron chi connectivity index (χ0n) is 10.8. The second kappa shape index (κ2) is 7.20. The molecule has 1 N–H and O–H groups in total. The molecule has 1 heterocycles. The largest absolute Gasteiger partial charge is 0.481 e. The Kier molecular flexibility index (Phi) is 5.91. The van der Waals surface area contributed by atoms with Crippen LogP contribution in [0.4, 0.5) is 0 Å². The predicted molar refractivity (Wildman–Crippen MR) is 71.0 cm³/mol. The quantitative estimate of drug-likeness (QED) is 0.773. The number of rotatable bonds is 8. The maximum Gasteiger partial charge on any atom is 0.303 e. The van der Waals surface area contributed by atoms with E-state index in [1.54, 1.807) is 31.5 Å². The van der Waals surface area contributed by atoms with Gasteiger partial charge in [-0.3, -0.25) is 9.78 Å². The van der Waals surface area contributed by atoms with Crippen molar-refractivity contribution in [2.24, 2.45) is 0 Å². The van der Waals surface area contributed by atoms with Crippen molar-refractivity contribution in [1.29, 1.82) is 0 Å². The second-order valence-electron chi connectivity index (χ2n) is 4.09. The first-order chi connectivity index (χ1) is 8.95. The van der Waals surface area contributed by atoms with Crippen LogP contribution in [0.2, 0.25) is 0 Å². The minimum atomic E-state index is -3.42. The van der Waals surface area contributed by atoms with Gasteiger partial charge >= 0.3 is 5.97 Å². The maximum atomic E-state index is 12.1. The summed E-state index contributed by atoms with van der Waals surface area (Å²) in [4.78, 5) is 14.3. The molecule has 0 bridgehead atoms. The van der Waals surface area contributed by atoms with Crippen LogP contribution in [0.25, 0.3) is 0 Å². The van der Waals surface area contributed by atoms with Crippen molar-refractivity contribution in [2.75, 3.05) is 12.3 Å². The fourth-order valence-electron chi connectivity index (χ4n) is 1.63. The molecule has 19 heavy (non-hydrogen) atoms. The highest BCUT2D eigenvalue weighted by Gasteiger charge is 2.20. The Morgan fingerprint density at radius 2 is 2.00 bits per heavy atom. The summed E-state index contributed by atoms with van der Waals surface area (Å²) in [5.41, 5.74) is 0.860. The molecule has 0 saturated heterocycles. The zero-order chi connectivity index (χ0) is 14.3. The van der Waals surface area contributed by atoms with Gasteiger partial charge in [-0.05, 0) is 24.1 Å². The third-order valence-corrected chi connectivity index (χ3v) is 4.63. The van der Waals surface area contributed by atoms with Crippen LogP contribution in [0.1, 0.15) is 25.3 Å². The smallest absolute Gasteiger partial charge is 0.303 e. The van der Waals surface area contributed by atoms with E-state index in [1.165, 1.54) is 4.31 Å². The number of aromatic nitrogens is 1. The number of nitrogens with zero attached hydrogens (tertiary/aromatic N) is 2. The van der Waals surface area contributed by atoms with Crippen molar-refractivity contribution in [1.82, 2.24) is 9.29 Å². The molecule has 1 aromatic rings. The van der Waals surface area contributed by atoms with Crippen LogP contribution >= 0.6 is 0 Å². The van der Waals surface area contributed by atoms with Gasteiger partial charge in [-0.2, -0.15) is 4.31 Å². The molecule has 0 atom stereocenters. The molecule has 0 radical (unpaired) electrons. The van der Waals surface area contributed by atoms with Crippen molar-refractivity contribution in [3.05, 3.63) is 30.1 Å². The van der Waals surface area contributed by atoms with Crippen molar-refractivity contribution in [3.63, 3.8) is 0 Å². The minimum Gasteiger partial charge on any atom is -0.481 e. The van der Waals surface area contributed by atoms with Crippen LogP contribution < -0.4 is 0 Å². The van der Waals surface area contributed by atoms with E-state index < -0.39 is 16.0 Å². The first-order valence-corrected chi connectivity index (χ1v) is 7.65. The topological polar surface area (TPSA) is 87.6 Å². The molecule has 0 amide bonds. The van der Waals surface area contributed by atoms with Gasteiger partial charge in [0.2, 0.25) is 10.0 Å². The first-order valence-electron chi connectivity index (χ1n) is 6.04. The highest BCUT2D eigenvalue weighted by molar-refractivity contribution is 7.89. The van der Waals surface area contributed by atoms with Crippen LogP contribution in [0, 0.1) is 0 Å². The SMILES string of the molecule is CCN(Cc1ccncc1)S(=O)(=O)CCCC(=O)O. The van der Waals surface area contributed by atoms with Crippen LogP contribution in [0.5, 0.6) is 0 Å². The molecule has 1 aromatic heterocycles. The van der Waals surface area contributed by atoms with Crippen LogP contribution in [0.15, 0.2) is 24.5 Å².